The molecule has 2 heterocycles. The number of rotatable bonds is 7. The molecule has 0 radical (unpaired) electrons. The molecule has 1 aliphatic carbocycles. The molecule has 2 amide bonds. The quantitative estimate of drug-likeness (QED) is 0.582. The average Bonchev–Trinajstić information content (AvgIpc) is 3.36. The number of carbonyl (C=O) groups is 2. The molecular formula is C23H27N3O3S2. The number of carbonyl (C=O) groups excluding carboxylic acids is 2. The normalized spacial score (nSPS) is 15.5. The van der Waals surface area contributed by atoms with Gasteiger partial charge in [0.15, 0.2) is 0 Å². The van der Waals surface area contributed by atoms with Crippen LogP contribution in [0.3, 0.4) is 0 Å². The third-order valence-corrected chi connectivity index (χ3v) is 7.06. The standard InChI is InChI=1S/C23H27N3O3S2/c1-15(2)13-26(3)23(28)29-14-16-6-8-18-19(12-24)22(31-20(18)11-16)25-21(27)9-7-17-5-4-10-30-17/h4-5,7,9-10,15-16H,6,8,11,13-14H2,1-3H3,(H,25,27). The van der Waals surface area contributed by atoms with E-state index in [9.17, 15) is 14.9 Å². The molecule has 2 aromatic rings. The minimum Gasteiger partial charge on any atom is -0.449 e. The van der Waals surface area contributed by atoms with E-state index in [1.807, 2.05) is 17.5 Å². The van der Waals surface area contributed by atoms with E-state index in [4.69, 9.17) is 4.74 Å². The van der Waals surface area contributed by atoms with Crippen molar-refractivity contribution in [1.82, 2.24) is 4.90 Å². The highest BCUT2D eigenvalue weighted by Gasteiger charge is 2.27. The largest absolute Gasteiger partial charge is 0.449 e. The molecule has 3 rings (SSSR count). The van der Waals surface area contributed by atoms with Crippen molar-refractivity contribution in [3.63, 3.8) is 0 Å². The van der Waals surface area contributed by atoms with Crippen LogP contribution in [0, 0.1) is 23.2 Å². The molecule has 31 heavy (non-hydrogen) atoms. The number of anilines is 1. The first-order chi connectivity index (χ1) is 14.9. The summed E-state index contributed by atoms with van der Waals surface area (Å²) >= 11 is 3.01. The summed E-state index contributed by atoms with van der Waals surface area (Å²) in [4.78, 5) is 28.2. The molecule has 1 aliphatic rings. The molecule has 1 unspecified atom stereocenters. The fourth-order valence-electron chi connectivity index (χ4n) is 3.62. The van der Waals surface area contributed by atoms with Gasteiger partial charge in [0.2, 0.25) is 5.91 Å². The Morgan fingerprint density at radius 2 is 2.26 bits per heavy atom. The van der Waals surface area contributed by atoms with Crippen LogP contribution in [0.1, 0.15) is 41.1 Å². The van der Waals surface area contributed by atoms with Crippen molar-refractivity contribution in [1.29, 1.82) is 5.26 Å². The minimum absolute atomic E-state index is 0.219. The summed E-state index contributed by atoms with van der Waals surface area (Å²) in [6.45, 7) is 5.15. The van der Waals surface area contributed by atoms with Crippen molar-refractivity contribution in [2.75, 3.05) is 25.5 Å². The summed E-state index contributed by atoms with van der Waals surface area (Å²) in [7, 11) is 1.75. The second-order valence-electron chi connectivity index (χ2n) is 8.12. The van der Waals surface area contributed by atoms with Crippen LogP contribution in [-0.2, 0) is 22.4 Å². The molecule has 0 bridgehead atoms. The fourth-order valence-corrected chi connectivity index (χ4v) is 5.56. The Kier molecular flexibility index (Phi) is 7.88. The summed E-state index contributed by atoms with van der Waals surface area (Å²) < 4.78 is 5.50. The first kappa shape index (κ1) is 23.0. The number of nitrogens with zero attached hydrogens (tertiary/aromatic N) is 2. The molecule has 1 N–H and O–H groups in total. The Bertz CT molecular complexity index is 987. The maximum absolute atomic E-state index is 12.3. The van der Waals surface area contributed by atoms with E-state index in [-0.39, 0.29) is 17.9 Å². The third-order valence-electron chi connectivity index (χ3n) is 5.05. The number of nitriles is 1. The zero-order chi connectivity index (χ0) is 22.4. The predicted octanol–water partition coefficient (Wildman–Crippen LogP) is 5.16. The van der Waals surface area contributed by atoms with Crippen molar-refractivity contribution in [3.8, 4) is 6.07 Å². The van der Waals surface area contributed by atoms with Crippen LogP contribution in [0.25, 0.3) is 6.08 Å². The Balaban J connectivity index is 1.60. The summed E-state index contributed by atoms with van der Waals surface area (Å²) in [6, 6.07) is 6.13. The van der Waals surface area contributed by atoms with Gasteiger partial charge in [-0.25, -0.2) is 4.79 Å². The van der Waals surface area contributed by atoms with Crippen molar-refractivity contribution in [2.24, 2.45) is 11.8 Å². The Labute approximate surface area is 191 Å². The first-order valence-electron chi connectivity index (χ1n) is 10.3. The van der Waals surface area contributed by atoms with Crippen LogP contribution in [0.2, 0.25) is 0 Å². The van der Waals surface area contributed by atoms with Gasteiger partial charge in [-0.2, -0.15) is 5.26 Å². The smallest absolute Gasteiger partial charge is 0.409 e. The van der Waals surface area contributed by atoms with E-state index < -0.39 is 0 Å². The third kappa shape index (κ3) is 6.18. The van der Waals surface area contributed by atoms with Gasteiger partial charge in [-0.15, -0.1) is 22.7 Å². The van der Waals surface area contributed by atoms with Crippen LogP contribution in [0.5, 0.6) is 0 Å². The first-order valence-corrected chi connectivity index (χ1v) is 12.0. The maximum atomic E-state index is 12.3. The molecule has 164 valence electrons. The van der Waals surface area contributed by atoms with E-state index in [0.717, 1.165) is 34.6 Å². The fraction of sp³-hybridized carbons (Fsp3) is 0.435. The predicted molar refractivity (Wildman–Crippen MR) is 125 cm³/mol. The molecule has 6 nitrogen and oxygen atoms in total. The van der Waals surface area contributed by atoms with Crippen LogP contribution >= 0.6 is 22.7 Å². The lowest BCUT2D eigenvalue weighted by atomic mass is 9.88. The van der Waals surface area contributed by atoms with Gasteiger partial charge in [0, 0.05) is 29.4 Å². The lowest BCUT2D eigenvalue weighted by molar-refractivity contribution is -0.111. The number of nitrogens with one attached hydrogen (secondary N) is 1. The lowest BCUT2D eigenvalue weighted by Crippen LogP contribution is -2.32. The molecule has 0 aromatic carbocycles. The molecule has 0 spiro atoms. The van der Waals surface area contributed by atoms with Gasteiger partial charge >= 0.3 is 6.09 Å². The second-order valence-corrected chi connectivity index (χ2v) is 10.2. The molecule has 8 heteroatoms. The molecule has 1 atom stereocenters. The maximum Gasteiger partial charge on any atom is 0.409 e. The highest BCUT2D eigenvalue weighted by Crippen LogP contribution is 2.39. The average molecular weight is 458 g/mol. The van der Waals surface area contributed by atoms with Crippen molar-refractivity contribution >= 4 is 45.8 Å². The van der Waals surface area contributed by atoms with Crippen LogP contribution in [-0.4, -0.2) is 37.1 Å². The topological polar surface area (TPSA) is 82.4 Å². The van der Waals surface area contributed by atoms with E-state index in [1.165, 1.54) is 17.4 Å². The number of hydrogen-bond donors (Lipinski definition) is 1. The zero-order valence-corrected chi connectivity index (χ0v) is 19.6. The van der Waals surface area contributed by atoms with Gasteiger partial charge in [-0.05, 0) is 54.2 Å². The Morgan fingerprint density at radius 3 is 2.94 bits per heavy atom. The highest BCUT2D eigenvalue weighted by molar-refractivity contribution is 7.16. The van der Waals surface area contributed by atoms with Gasteiger partial charge in [-0.1, -0.05) is 19.9 Å². The van der Waals surface area contributed by atoms with Crippen LogP contribution in [0.4, 0.5) is 9.80 Å². The van der Waals surface area contributed by atoms with Gasteiger partial charge in [-0.3, -0.25) is 4.79 Å². The zero-order valence-electron chi connectivity index (χ0n) is 18.0. The van der Waals surface area contributed by atoms with E-state index in [0.29, 0.717) is 29.6 Å². The van der Waals surface area contributed by atoms with Crippen molar-refractivity contribution < 1.29 is 14.3 Å². The monoisotopic (exact) mass is 457 g/mol. The minimum atomic E-state index is -0.297. The SMILES string of the molecule is CC(C)CN(C)C(=O)OCC1CCc2c(sc(NC(=O)C=Cc3cccs3)c2C#N)C1. The summed E-state index contributed by atoms with van der Waals surface area (Å²) in [5, 5.41) is 15.1. The summed E-state index contributed by atoms with van der Waals surface area (Å²) in [6.07, 6.45) is 5.30. The molecule has 2 aromatic heterocycles. The van der Waals surface area contributed by atoms with E-state index in [1.54, 1.807) is 29.4 Å². The van der Waals surface area contributed by atoms with Gasteiger partial charge in [0.05, 0.1) is 12.2 Å². The Morgan fingerprint density at radius 1 is 1.45 bits per heavy atom. The molecule has 0 aliphatic heterocycles. The van der Waals surface area contributed by atoms with Crippen molar-refractivity contribution in [3.05, 3.63) is 44.5 Å². The lowest BCUT2D eigenvalue weighted by Gasteiger charge is -2.24. The van der Waals surface area contributed by atoms with Gasteiger partial charge in [0.1, 0.15) is 11.1 Å². The molecule has 0 saturated carbocycles. The Hall–Kier alpha value is -2.63. The number of thiophene rings is 2. The highest BCUT2D eigenvalue weighted by atomic mass is 32.1. The van der Waals surface area contributed by atoms with Crippen molar-refractivity contribution in [2.45, 2.75) is 33.1 Å². The molecule has 0 saturated heterocycles. The number of amides is 2. The number of fused-ring (bicyclic) bond motifs is 1. The number of hydrogen-bond acceptors (Lipinski definition) is 6. The molecule has 0 fully saturated rings. The molecular weight excluding hydrogens is 430 g/mol. The van der Waals surface area contributed by atoms with E-state index >= 15 is 0 Å². The van der Waals surface area contributed by atoms with E-state index in [2.05, 4.69) is 25.2 Å². The van der Waals surface area contributed by atoms with Gasteiger partial charge in [0.25, 0.3) is 0 Å². The number of ether oxygens (including phenoxy) is 1. The van der Waals surface area contributed by atoms with Gasteiger partial charge < -0.3 is 15.0 Å². The van der Waals surface area contributed by atoms with Crippen LogP contribution < -0.4 is 5.32 Å². The van der Waals surface area contributed by atoms with Crippen LogP contribution in [0.15, 0.2) is 23.6 Å². The summed E-state index contributed by atoms with van der Waals surface area (Å²) in [5.74, 6) is 0.359. The summed E-state index contributed by atoms with van der Waals surface area (Å²) in [5.41, 5.74) is 1.58. The second kappa shape index (κ2) is 10.6.